The van der Waals surface area contributed by atoms with Gasteiger partial charge in [0.05, 0.1) is 17.6 Å². The van der Waals surface area contributed by atoms with E-state index in [4.69, 9.17) is 4.74 Å². The van der Waals surface area contributed by atoms with Crippen LogP contribution in [-0.2, 0) is 14.6 Å². The number of hydrogen-bond donors (Lipinski definition) is 2. The van der Waals surface area contributed by atoms with Crippen LogP contribution in [0.3, 0.4) is 0 Å². The Hall–Kier alpha value is -0.990. The third-order valence-corrected chi connectivity index (χ3v) is 7.06. The number of rotatable bonds is 5. The first-order valence-corrected chi connectivity index (χ1v) is 11.1. The number of nitrogens with zero attached hydrogens (tertiary/aromatic N) is 1. The summed E-state index contributed by atoms with van der Waals surface area (Å²) in [5.41, 5.74) is 0.921. The number of hydrogen-bond acceptors (Lipinski definition) is 6. The van der Waals surface area contributed by atoms with Gasteiger partial charge in [-0.1, -0.05) is 12.1 Å². The molecule has 6 nitrogen and oxygen atoms in total. The maximum Gasteiger partial charge on any atom is 0.175 e. The monoisotopic (exact) mass is 383 g/mol. The van der Waals surface area contributed by atoms with Crippen molar-refractivity contribution in [2.75, 3.05) is 39.2 Å². The first-order chi connectivity index (χ1) is 12.3. The standard InChI is InChI=1S/C19H29NO5S/c1-26(23,24)17-4-2-15(3-5-17)18(22)12-20-14-19(7-6-16(20)13-21)8-10-25-11-9-19/h2-5,16,18,21-22H,6-14H2,1H3. The zero-order valence-corrected chi connectivity index (χ0v) is 16.1. The number of ether oxygens (including phenoxy) is 1. The first kappa shape index (κ1) is 19.8. The molecule has 3 rings (SSSR count). The molecule has 2 aliphatic rings. The summed E-state index contributed by atoms with van der Waals surface area (Å²) in [6.07, 6.45) is 4.54. The van der Waals surface area contributed by atoms with E-state index in [0.29, 0.717) is 12.1 Å². The molecule has 2 N–H and O–H groups in total. The van der Waals surface area contributed by atoms with Crippen molar-refractivity contribution in [3.8, 4) is 0 Å². The van der Waals surface area contributed by atoms with Crippen molar-refractivity contribution in [1.82, 2.24) is 4.90 Å². The molecule has 7 heteroatoms. The Morgan fingerprint density at radius 2 is 1.88 bits per heavy atom. The molecule has 26 heavy (non-hydrogen) atoms. The van der Waals surface area contributed by atoms with Crippen LogP contribution < -0.4 is 0 Å². The van der Waals surface area contributed by atoms with E-state index in [1.807, 2.05) is 0 Å². The van der Waals surface area contributed by atoms with Crippen molar-refractivity contribution in [3.05, 3.63) is 29.8 Å². The Morgan fingerprint density at radius 3 is 2.46 bits per heavy atom. The van der Waals surface area contributed by atoms with Gasteiger partial charge in [0.15, 0.2) is 9.84 Å². The lowest BCUT2D eigenvalue weighted by Gasteiger charge is -2.48. The fraction of sp³-hybridized carbons (Fsp3) is 0.684. The number of aliphatic hydroxyl groups excluding tert-OH is 2. The highest BCUT2D eigenvalue weighted by Crippen LogP contribution is 2.41. The molecule has 1 spiro atoms. The molecule has 2 atom stereocenters. The lowest BCUT2D eigenvalue weighted by Crippen LogP contribution is -2.53. The van der Waals surface area contributed by atoms with E-state index in [1.165, 1.54) is 18.4 Å². The van der Waals surface area contributed by atoms with Gasteiger partial charge in [0, 0.05) is 38.6 Å². The minimum absolute atomic E-state index is 0.0633. The molecule has 2 fully saturated rings. The third kappa shape index (κ3) is 4.46. The van der Waals surface area contributed by atoms with E-state index in [0.717, 1.165) is 45.4 Å². The molecule has 0 saturated carbocycles. The van der Waals surface area contributed by atoms with Gasteiger partial charge in [-0.2, -0.15) is 0 Å². The van der Waals surface area contributed by atoms with Gasteiger partial charge in [0.1, 0.15) is 0 Å². The number of benzene rings is 1. The summed E-state index contributed by atoms with van der Waals surface area (Å²) < 4.78 is 28.7. The first-order valence-electron chi connectivity index (χ1n) is 9.24. The molecular formula is C19H29NO5S. The fourth-order valence-electron chi connectivity index (χ4n) is 4.19. The number of β-amino-alcohol motifs (C(OH)–C–C–N with tert-alkyl or cyclic N) is 1. The van der Waals surface area contributed by atoms with Crippen molar-refractivity contribution in [2.45, 2.75) is 42.7 Å². The normalized spacial score (nSPS) is 25.3. The molecule has 2 unspecified atom stereocenters. The van der Waals surface area contributed by atoms with E-state index < -0.39 is 15.9 Å². The van der Waals surface area contributed by atoms with Crippen LogP contribution in [0, 0.1) is 5.41 Å². The second-order valence-electron chi connectivity index (χ2n) is 7.77. The van der Waals surface area contributed by atoms with Crippen molar-refractivity contribution in [3.63, 3.8) is 0 Å². The second kappa shape index (κ2) is 7.94. The largest absolute Gasteiger partial charge is 0.395 e. The summed E-state index contributed by atoms with van der Waals surface area (Å²) in [6, 6.07) is 6.47. The molecule has 1 aromatic carbocycles. The van der Waals surface area contributed by atoms with Crippen molar-refractivity contribution in [2.24, 2.45) is 5.41 Å². The average Bonchev–Trinajstić information content (AvgIpc) is 2.62. The van der Waals surface area contributed by atoms with Crippen LogP contribution in [0.5, 0.6) is 0 Å². The van der Waals surface area contributed by atoms with Gasteiger partial charge in [-0.25, -0.2) is 8.42 Å². The van der Waals surface area contributed by atoms with Crippen molar-refractivity contribution in [1.29, 1.82) is 0 Å². The summed E-state index contributed by atoms with van der Waals surface area (Å²) in [5, 5.41) is 20.4. The maximum atomic E-state index is 11.6. The summed E-state index contributed by atoms with van der Waals surface area (Å²) in [6.45, 7) is 2.96. The van der Waals surface area contributed by atoms with Gasteiger partial charge in [0.25, 0.3) is 0 Å². The summed E-state index contributed by atoms with van der Waals surface area (Å²) in [7, 11) is -3.24. The lowest BCUT2D eigenvalue weighted by molar-refractivity contribution is -0.0627. The van der Waals surface area contributed by atoms with Crippen molar-refractivity contribution < 1.29 is 23.4 Å². The Kier molecular flexibility index (Phi) is 6.04. The van der Waals surface area contributed by atoms with Gasteiger partial charge in [-0.3, -0.25) is 4.90 Å². The minimum atomic E-state index is -3.24. The Bertz CT molecular complexity index is 697. The molecular weight excluding hydrogens is 354 g/mol. The highest BCUT2D eigenvalue weighted by atomic mass is 32.2. The van der Waals surface area contributed by atoms with Gasteiger partial charge in [-0.05, 0) is 48.8 Å². The predicted molar refractivity (Wildman–Crippen MR) is 98.7 cm³/mol. The van der Waals surface area contributed by atoms with E-state index in [2.05, 4.69) is 4.90 Å². The average molecular weight is 384 g/mol. The second-order valence-corrected chi connectivity index (χ2v) is 9.79. The van der Waals surface area contributed by atoms with Crippen molar-refractivity contribution >= 4 is 9.84 Å². The number of aliphatic hydroxyl groups is 2. The molecule has 0 aliphatic carbocycles. The van der Waals surface area contributed by atoms with Crippen LogP contribution in [0.25, 0.3) is 0 Å². The van der Waals surface area contributed by atoms with Crippen LogP contribution in [0.4, 0.5) is 0 Å². The fourth-order valence-corrected chi connectivity index (χ4v) is 4.82. The highest BCUT2D eigenvalue weighted by molar-refractivity contribution is 7.90. The Balaban J connectivity index is 1.70. The van der Waals surface area contributed by atoms with Gasteiger partial charge < -0.3 is 14.9 Å². The smallest absolute Gasteiger partial charge is 0.175 e. The molecule has 2 saturated heterocycles. The summed E-state index contributed by atoms with van der Waals surface area (Å²) >= 11 is 0. The minimum Gasteiger partial charge on any atom is -0.395 e. The maximum absolute atomic E-state index is 11.6. The quantitative estimate of drug-likeness (QED) is 0.799. The van der Waals surface area contributed by atoms with Crippen LogP contribution in [0.15, 0.2) is 29.2 Å². The summed E-state index contributed by atoms with van der Waals surface area (Å²) in [4.78, 5) is 2.45. The molecule has 0 amide bonds. The molecule has 1 aromatic rings. The SMILES string of the molecule is CS(=O)(=O)c1ccc(C(O)CN2CC3(CCOCC3)CCC2CO)cc1. The zero-order valence-electron chi connectivity index (χ0n) is 15.3. The molecule has 0 bridgehead atoms. The Labute approximate surface area is 155 Å². The molecule has 0 aromatic heterocycles. The topological polar surface area (TPSA) is 87.1 Å². The van der Waals surface area contributed by atoms with Gasteiger partial charge in [0.2, 0.25) is 0 Å². The highest BCUT2D eigenvalue weighted by Gasteiger charge is 2.40. The van der Waals surface area contributed by atoms with Crippen LogP contribution >= 0.6 is 0 Å². The lowest BCUT2D eigenvalue weighted by atomic mass is 9.72. The predicted octanol–water partition coefficient (Wildman–Crippen LogP) is 1.38. The van der Waals surface area contributed by atoms with E-state index in [1.54, 1.807) is 12.1 Å². The van der Waals surface area contributed by atoms with Gasteiger partial charge in [-0.15, -0.1) is 0 Å². The van der Waals surface area contributed by atoms with Crippen LogP contribution in [-0.4, -0.2) is 68.7 Å². The zero-order chi connectivity index (χ0) is 18.8. The van der Waals surface area contributed by atoms with E-state index in [9.17, 15) is 18.6 Å². The van der Waals surface area contributed by atoms with E-state index >= 15 is 0 Å². The molecule has 2 aliphatic heterocycles. The molecule has 2 heterocycles. The third-order valence-electron chi connectivity index (χ3n) is 5.93. The van der Waals surface area contributed by atoms with E-state index in [-0.39, 0.29) is 23.0 Å². The molecule has 146 valence electrons. The Morgan fingerprint density at radius 1 is 1.23 bits per heavy atom. The number of piperidine rings is 1. The number of sulfone groups is 1. The number of likely N-dealkylation sites (tertiary alicyclic amines) is 1. The molecule has 0 radical (unpaired) electrons. The van der Waals surface area contributed by atoms with Gasteiger partial charge >= 0.3 is 0 Å². The van der Waals surface area contributed by atoms with Crippen LogP contribution in [0.1, 0.15) is 37.4 Å². The summed E-state index contributed by atoms with van der Waals surface area (Å²) in [5.74, 6) is 0. The van der Waals surface area contributed by atoms with Crippen LogP contribution in [0.2, 0.25) is 0 Å².